The average molecular weight is 228 g/mol. The molecule has 0 aromatic carbocycles. The third kappa shape index (κ3) is 3.46. The molecule has 0 spiro atoms. The maximum atomic E-state index is 12.1. The van der Waals surface area contributed by atoms with Crippen molar-refractivity contribution >= 4 is 5.91 Å². The van der Waals surface area contributed by atoms with E-state index in [0.717, 1.165) is 19.4 Å². The number of rotatable bonds is 2. The van der Waals surface area contributed by atoms with Crippen LogP contribution in [0.25, 0.3) is 0 Å². The number of nitrogens with two attached hydrogens (primary N) is 1. The summed E-state index contributed by atoms with van der Waals surface area (Å²) in [4.78, 5) is 13.9. The lowest BCUT2D eigenvalue weighted by Crippen LogP contribution is -2.42. The van der Waals surface area contributed by atoms with Crippen molar-refractivity contribution in [1.29, 1.82) is 0 Å². The van der Waals surface area contributed by atoms with Crippen LogP contribution in [-0.4, -0.2) is 40.6 Å². The van der Waals surface area contributed by atoms with E-state index in [2.05, 4.69) is 0 Å². The first-order chi connectivity index (χ1) is 7.33. The SMILES string of the molecule is CC(N)C(C)C(=O)N1CCCC(C)(O)CC1. The van der Waals surface area contributed by atoms with Crippen LogP contribution in [0, 0.1) is 5.92 Å². The van der Waals surface area contributed by atoms with E-state index in [9.17, 15) is 9.90 Å². The molecule has 94 valence electrons. The van der Waals surface area contributed by atoms with Crippen LogP contribution in [0.4, 0.5) is 0 Å². The molecule has 3 unspecified atom stereocenters. The quantitative estimate of drug-likeness (QED) is 0.732. The Morgan fingerprint density at radius 1 is 1.38 bits per heavy atom. The first-order valence-corrected chi connectivity index (χ1v) is 6.10. The van der Waals surface area contributed by atoms with Crippen molar-refractivity contribution in [1.82, 2.24) is 4.90 Å². The Labute approximate surface area is 97.8 Å². The topological polar surface area (TPSA) is 66.6 Å². The Balaban J connectivity index is 2.58. The molecule has 1 saturated heterocycles. The number of nitrogens with zero attached hydrogens (tertiary/aromatic N) is 1. The molecular formula is C12H24N2O2. The van der Waals surface area contributed by atoms with Gasteiger partial charge in [-0.25, -0.2) is 0 Å². The normalized spacial score (nSPS) is 30.7. The molecule has 3 atom stereocenters. The van der Waals surface area contributed by atoms with Crippen LogP contribution in [0.5, 0.6) is 0 Å². The van der Waals surface area contributed by atoms with Crippen LogP contribution in [0.1, 0.15) is 40.0 Å². The fraction of sp³-hybridized carbons (Fsp3) is 0.917. The summed E-state index contributed by atoms with van der Waals surface area (Å²) in [6.45, 7) is 6.96. The van der Waals surface area contributed by atoms with Crippen LogP contribution >= 0.6 is 0 Å². The Morgan fingerprint density at radius 2 is 2.00 bits per heavy atom. The second-order valence-corrected chi connectivity index (χ2v) is 5.32. The van der Waals surface area contributed by atoms with E-state index >= 15 is 0 Å². The first-order valence-electron chi connectivity index (χ1n) is 6.10. The Bertz CT molecular complexity index is 251. The number of hydrogen-bond donors (Lipinski definition) is 2. The van der Waals surface area contributed by atoms with Crippen molar-refractivity contribution in [3.8, 4) is 0 Å². The molecule has 4 nitrogen and oxygen atoms in total. The zero-order valence-corrected chi connectivity index (χ0v) is 10.6. The second kappa shape index (κ2) is 5.15. The highest BCUT2D eigenvalue weighted by Crippen LogP contribution is 2.22. The third-order valence-corrected chi connectivity index (χ3v) is 3.55. The number of amides is 1. The minimum Gasteiger partial charge on any atom is -0.390 e. The van der Waals surface area contributed by atoms with Gasteiger partial charge in [0.15, 0.2) is 0 Å². The van der Waals surface area contributed by atoms with Gasteiger partial charge in [-0.1, -0.05) is 6.92 Å². The minimum absolute atomic E-state index is 0.115. The smallest absolute Gasteiger partial charge is 0.226 e. The van der Waals surface area contributed by atoms with Gasteiger partial charge >= 0.3 is 0 Å². The standard InChI is InChI=1S/C12H24N2O2/c1-9(10(2)13)11(15)14-7-4-5-12(3,16)6-8-14/h9-10,16H,4-8,13H2,1-3H3. The summed E-state index contributed by atoms with van der Waals surface area (Å²) in [6, 6.07) is -0.115. The lowest BCUT2D eigenvalue weighted by Gasteiger charge is -2.26. The van der Waals surface area contributed by atoms with Crippen LogP contribution in [0.2, 0.25) is 0 Å². The molecule has 0 aromatic rings. The molecule has 1 fully saturated rings. The second-order valence-electron chi connectivity index (χ2n) is 5.32. The molecule has 0 bridgehead atoms. The third-order valence-electron chi connectivity index (χ3n) is 3.55. The Kier molecular flexibility index (Phi) is 4.33. The number of hydrogen-bond acceptors (Lipinski definition) is 3. The molecule has 1 heterocycles. The fourth-order valence-corrected chi connectivity index (χ4v) is 2.00. The van der Waals surface area contributed by atoms with Crippen molar-refractivity contribution in [2.24, 2.45) is 11.7 Å². The molecule has 1 aliphatic heterocycles. The molecule has 0 aromatic heterocycles. The minimum atomic E-state index is -0.618. The predicted molar refractivity (Wildman–Crippen MR) is 63.9 cm³/mol. The van der Waals surface area contributed by atoms with E-state index in [-0.39, 0.29) is 17.9 Å². The Hall–Kier alpha value is -0.610. The van der Waals surface area contributed by atoms with E-state index < -0.39 is 5.60 Å². The predicted octanol–water partition coefficient (Wildman–Crippen LogP) is 0.733. The van der Waals surface area contributed by atoms with Crippen molar-refractivity contribution in [2.45, 2.75) is 51.7 Å². The number of carbonyl (C=O) groups excluding carboxylic acids is 1. The summed E-state index contributed by atoms with van der Waals surface area (Å²) < 4.78 is 0. The monoisotopic (exact) mass is 228 g/mol. The highest BCUT2D eigenvalue weighted by atomic mass is 16.3. The fourth-order valence-electron chi connectivity index (χ4n) is 2.00. The molecule has 1 amide bonds. The summed E-state index contributed by atoms with van der Waals surface area (Å²) in [5.74, 6) is -0.0178. The summed E-state index contributed by atoms with van der Waals surface area (Å²) in [5, 5.41) is 9.94. The largest absolute Gasteiger partial charge is 0.390 e. The maximum absolute atomic E-state index is 12.1. The summed E-state index contributed by atoms with van der Waals surface area (Å²) in [5.41, 5.74) is 5.12. The molecule has 16 heavy (non-hydrogen) atoms. The van der Waals surface area contributed by atoms with Gasteiger partial charge in [-0.15, -0.1) is 0 Å². The van der Waals surface area contributed by atoms with Crippen molar-refractivity contribution in [2.75, 3.05) is 13.1 Å². The molecule has 1 aliphatic rings. The van der Waals surface area contributed by atoms with Gasteiger partial charge in [0.05, 0.1) is 11.5 Å². The zero-order chi connectivity index (χ0) is 12.3. The lowest BCUT2D eigenvalue weighted by molar-refractivity contribution is -0.135. The van der Waals surface area contributed by atoms with Gasteiger partial charge < -0.3 is 15.7 Å². The van der Waals surface area contributed by atoms with Crippen LogP contribution in [-0.2, 0) is 4.79 Å². The molecule has 4 heteroatoms. The number of carbonyl (C=O) groups is 1. The van der Waals surface area contributed by atoms with Gasteiger partial charge in [0, 0.05) is 19.1 Å². The van der Waals surface area contributed by atoms with E-state index in [1.165, 1.54) is 0 Å². The molecule has 0 aliphatic carbocycles. The van der Waals surface area contributed by atoms with Gasteiger partial charge in [0.25, 0.3) is 0 Å². The van der Waals surface area contributed by atoms with Crippen molar-refractivity contribution < 1.29 is 9.90 Å². The molecule has 1 rings (SSSR count). The molecular weight excluding hydrogens is 204 g/mol. The summed E-state index contributed by atoms with van der Waals surface area (Å²) in [7, 11) is 0. The van der Waals surface area contributed by atoms with Gasteiger partial charge in [0.1, 0.15) is 0 Å². The van der Waals surface area contributed by atoms with Crippen LogP contribution in [0.3, 0.4) is 0 Å². The maximum Gasteiger partial charge on any atom is 0.226 e. The zero-order valence-electron chi connectivity index (χ0n) is 10.6. The highest BCUT2D eigenvalue weighted by Gasteiger charge is 2.29. The Morgan fingerprint density at radius 3 is 2.56 bits per heavy atom. The first kappa shape index (κ1) is 13.5. The summed E-state index contributed by atoms with van der Waals surface area (Å²) in [6.07, 6.45) is 2.29. The van der Waals surface area contributed by atoms with Crippen molar-refractivity contribution in [3.05, 3.63) is 0 Å². The van der Waals surface area contributed by atoms with E-state index in [0.29, 0.717) is 13.0 Å². The number of likely N-dealkylation sites (tertiary alicyclic amines) is 1. The molecule has 3 N–H and O–H groups in total. The number of aliphatic hydroxyl groups is 1. The van der Waals surface area contributed by atoms with E-state index in [4.69, 9.17) is 5.73 Å². The van der Waals surface area contributed by atoms with Crippen LogP contribution in [0.15, 0.2) is 0 Å². The lowest BCUT2D eigenvalue weighted by atomic mass is 9.98. The highest BCUT2D eigenvalue weighted by molar-refractivity contribution is 5.79. The summed E-state index contributed by atoms with van der Waals surface area (Å²) >= 11 is 0. The van der Waals surface area contributed by atoms with E-state index in [1.54, 1.807) is 0 Å². The van der Waals surface area contributed by atoms with Crippen molar-refractivity contribution in [3.63, 3.8) is 0 Å². The van der Waals surface area contributed by atoms with Gasteiger partial charge in [-0.05, 0) is 33.1 Å². The molecule has 0 radical (unpaired) electrons. The van der Waals surface area contributed by atoms with E-state index in [1.807, 2.05) is 25.7 Å². The van der Waals surface area contributed by atoms with Gasteiger partial charge in [0.2, 0.25) is 5.91 Å². The van der Waals surface area contributed by atoms with Crippen LogP contribution < -0.4 is 5.73 Å². The van der Waals surface area contributed by atoms with Gasteiger partial charge in [-0.3, -0.25) is 4.79 Å². The molecule has 0 saturated carbocycles. The van der Waals surface area contributed by atoms with Gasteiger partial charge in [-0.2, -0.15) is 0 Å². The average Bonchev–Trinajstić information content (AvgIpc) is 2.37.